The summed E-state index contributed by atoms with van der Waals surface area (Å²) in [6.45, 7) is -0.0649. The minimum atomic E-state index is -1.36. The van der Waals surface area contributed by atoms with Crippen molar-refractivity contribution in [1.29, 1.82) is 0 Å². The lowest BCUT2D eigenvalue weighted by Gasteiger charge is -2.37. The molecule has 4 atom stereocenters. The maximum absolute atomic E-state index is 12.3. The van der Waals surface area contributed by atoms with Crippen LogP contribution in [0.1, 0.15) is 22.9 Å². The summed E-state index contributed by atoms with van der Waals surface area (Å²) in [5.41, 5.74) is 6.56. The SMILES string of the molecule is Nc1ccn(C2OC(COC(c3ccccc3)(c3ccccc3)c3ccccc3)C(O)C2O)c(=O)n1. The van der Waals surface area contributed by atoms with Gasteiger partial charge in [0.25, 0.3) is 0 Å². The molecule has 0 spiro atoms. The third-order valence-corrected chi connectivity index (χ3v) is 6.47. The van der Waals surface area contributed by atoms with Crippen molar-refractivity contribution in [3.8, 4) is 0 Å². The van der Waals surface area contributed by atoms with Crippen molar-refractivity contribution in [1.82, 2.24) is 9.55 Å². The first kappa shape index (κ1) is 23.9. The average Bonchev–Trinajstić information content (AvgIpc) is 3.19. The highest BCUT2D eigenvalue weighted by Crippen LogP contribution is 2.41. The zero-order valence-corrected chi connectivity index (χ0v) is 19.4. The fourth-order valence-electron chi connectivity index (χ4n) is 4.69. The van der Waals surface area contributed by atoms with E-state index in [9.17, 15) is 15.0 Å². The van der Waals surface area contributed by atoms with Crippen molar-refractivity contribution in [2.24, 2.45) is 0 Å². The number of aromatic nitrogens is 2. The number of benzene rings is 3. The summed E-state index contributed by atoms with van der Waals surface area (Å²) in [5.74, 6) is 0.0579. The molecule has 5 rings (SSSR count). The van der Waals surface area contributed by atoms with Gasteiger partial charge in [-0.05, 0) is 22.8 Å². The zero-order chi connectivity index (χ0) is 25.1. The normalized spacial score (nSPS) is 21.9. The second-order valence-electron chi connectivity index (χ2n) is 8.68. The molecule has 8 heteroatoms. The Bertz CT molecular complexity index is 1250. The molecule has 0 bridgehead atoms. The van der Waals surface area contributed by atoms with Crippen LogP contribution in [-0.2, 0) is 15.1 Å². The van der Waals surface area contributed by atoms with Crippen LogP contribution < -0.4 is 11.4 Å². The highest BCUT2D eigenvalue weighted by atomic mass is 16.6. The lowest BCUT2D eigenvalue weighted by Crippen LogP contribution is -2.39. The van der Waals surface area contributed by atoms with Gasteiger partial charge in [0, 0.05) is 6.20 Å². The molecule has 0 saturated carbocycles. The van der Waals surface area contributed by atoms with Gasteiger partial charge in [-0.1, -0.05) is 91.0 Å². The van der Waals surface area contributed by atoms with Gasteiger partial charge >= 0.3 is 5.69 Å². The van der Waals surface area contributed by atoms with E-state index in [2.05, 4.69) is 4.98 Å². The predicted molar refractivity (Wildman–Crippen MR) is 134 cm³/mol. The first-order valence-corrected chi connectivity index (χ1v) is 11.7. The molecule has 4 N–H and O–H groups in total. The molecule has 8 nitrogen and oxygen atoms in total. The number of aliphatic hydroxyl groups is 2. The standard InChI is InChI=1S/C28H27N3O5/c29-23-16-17-31(27(34)30-23)26-25(33)24(32)22(36-26)18-35-28(19-10-4-1-5-11-19,20-12-6-2-7-13-20)21-14-8-3-9-15-21/h1-17,22,24-26,32-33H,18H2,(H2,29,30,34). The van der Waals surface area contributed by atoms with Crippen LogP contribution in [0.15, 0.2) is 108 Å². The first-order chi connectivity index (χ1) is 17.5. The smallest absolute Gasteiger partial charge is 0.351 e. The fraction of sp³-hybridized carbons (Fsp3) is 0.214. The molecule has 0 amide bonds. The topological polar surface area (TPSA) is 120 Å². The van der Waals surface area contributed by atoms with Gasteiger partial charge in [0.2, 0.25) is 0 Å². The fourth-order valence-corrected chi connectivity index (χ4v) is 4.69. The molecule has 0 aliphatic carbocycles. The third-order valence-electron chi connectivity index (χ3n) is 6.47. The van der Waals surface area contributed by atoms with Crippen LogP contribution >= 0.6 is 0 Å². The zero-order valence-electron chi connectivity index (χ0n) is 19.4. The van der Waals surface area contributed by atoms with Crippen LogP contribution in [-0.4, -0.2) is 44.7 Å². The number of ether oxygens (including phenoxy) is 2. The Hall–Kier alpha value is -3.82. The van der Waals surface area contributed by atoms with E-state index in [1.54, 1.807) is 0 Å². The Kier molecular flexibility index (Phi) is 6.67. The summed E-state index contributed by atoms with van der Waals surface area (Å²) in [6.07, 6.45) is -3.31. The number of rotatable bonds is 7. The molecular formula is C28H27N3O5. The van der Waals surface area contributed by atoms with Gasteiger partial charge < -0.3 is 25.4 Å². The molecular weight excluding hydrogens is 458 g/mol. The largest absolute Gasteiger partial charge is 0.387 e. The Balaban J connectivity index is 1.52. The minimum Gasteiger partial charge on any atom is -0.387 e. The molecule has 3 aromatic carbocycles. The molecule has 36 heavy (non-hydrogen) atoms. The van der Waals surface area contributed by atoms with Gasteiger partial charge in [0.1, 0.15) is 29.7 Å². The van der Waals surface area contributed by atoms with Crippen molar-refractivity contribution >= 4 is 5.82 Å². The Labute approximate surface area is 208 Å². The van der Waals surface area contributed by atoms with Crippen LogP contribution in [0.5, 0.6) is 0 Å². The summed E-state index contributed by atoms with van der Waals surface area (Å²) in [6, 6.07) is 30.8. The van der Waals surface area contributed by atoms with E-state index in [4.69, 9.17) is 15.2 Å². The minimum absolute atomic E-state index is 0.0579. The number of nitrogen functional groups attached to an aromatic ring is 1. The van der Waals surface area contributed by atoms with Crippen molar-refractivity contribution in [2.75, 3.05) is 12.3 Å². The van der Waals surface area contributed by atoms with Gasteiger partial charge in [-0.3, -0.25) is 4.57 Å². The van der Waals surface area contributed by atoms with Gasteiger partial charge in [-0.15, -0.1) is 0 Å². The molecule has 4 aromatic rings. The molecule has 1 fully saturated rings. The molecule has 0 radical (unpaired) electrons. The summed E-state index contributed by atoms with van der Waals surface area (Å²) in [5, 5.41) is 21.5. The summed E-state index contributed by atoms with van der Waals surface area (Å²) >= 11 is 0. The number of hydrogen-bond acceptors (Lipinski definition) is 7. The molecule has 1 aliphatic heterocycles. The van der Waals surface area contributed by atoms with Crippen molar-refractivity contribution in [3.05, 3.63) is 130 Å². The lowest BCUT2D eigenvalue weighted by atomic mass is 9.80. The molecule has 4 unspecified atom stereocenters. The highest BCUT2D eigenvalue weighted by Gasteiger charge is 2.46. The molecule has 1 aromatic heterocycles. The van der Waals surface area contributed by atoms with Crippen LogP contribution in [0.4, 0.5) is 5.82 Å². The van der Waals surface area contributed by atoms with Crippen LogP contribution in [0.25, 0.3) is 0 Å². The van der Waals surface area contributed by atoms with E-state index in [1.807, 2.05) is 91.0 Å². The van der Waals surface area contributed by atoms with E-state index < -0.39 is 35.8 Å². The number of nitrogens with zero attached hydrogens (tertiary/aromatic N) is 2. The number of nitrogens with two attached hydrogens (primary N) is 1. The number of anilines is 1. The van der Waals surface area contributed by atoms with Gasteiger partial charge in [-0.25, -0.2) is 4.79 Å². The highest BCUT2D eigenvalue weighted by molar-refractivity contribution is 5.47. The van der Waals surface area contributed by atoms with Crippen molar-refractivity contribution in [3.63, 3.8) is 0 Å². The maximum atomic E-state index is 12.3. The Morgan fingerprint density at radius 3 is 1.81 bits per heavy atom. The summed E-state index contributed by atoms with van der Waals surface area (Å²) < 4.78 is 13.8. The van der Waals surface area contributed by atoms with Crippen molar-refractivity contribution in [2.45, 2.75) is 30.1 Å². The van der Waals surface area contributed by atoms with E-state index >= 15 is 0 Å². The van der Waals surface area contributed by atoms with Gasteiger partial charge in [-0.2, -0.15) is 4.98 Å². The summed E-state index contributed by atoms with van der Waals surface area (Å²) in [7, 11) is 0. The second kappa shape index (κ2) is 10.0. The van der Waals surface area contributed by atoms with E-state index in [0.717, 1.165) is 21.3 Å². The summed E-state index contributed by atoms with van der Waals surface area (Å²) in [4.78, 5) is 16.0. The third kappa shape index (κ3) is 4.31. The monoisotopic (exact) mass is 485 g/mol. The van der Waals surface area contributed by atoms with Crippen LogP contribution in [0, 0.1) is 0 Å². The molecule has 184 valence electrons. The second-order valence-corrected chi connectivity index (χ2v) is 8.68. The molecule has 1 aliphatic rings. The first-order valence-electron chi connectivity index (χ1n) is 11.7. The average molecular weight is 486 g/mol. The van der Waals surface area contributed by atoms with Crippen LogP contribution in [0.3, 0.4) is 0 Å². The van der Waals surface area contributed by atoms with E-state index in [0.29, 0.717) is 0 Å². The quantitative estimate of drug-likeness (QED) is 0.344. The maximum Gasteiger partial charge on any atom is 0.351 e. The lowest BCUT2D eigenvalue weighted by molar-refractivity contribution is -0.0958. The Morgan fingerprint density at radius 1 is 0.833 bits per heavy atom. The van der Waals surface area contributed by atoms with Crippen LogP contribution in [0.2, 0.25) is 0 Å². The van der Waals surface area contributed by atoms with Gasteiger partial charge in [0.05, 0.1) is 6.61 Å². The number of aliphatic hydroxyl groups excluding tert-OH is 2. The molecule has 2 heterocycles. The molecule has 1 saturated heterocycles. The number of hydrogen-bond donors (Lipinski definition) is 3. The van der Waals surface area contributed by atoms with E-state index in [1.165, 1.54) is 12.3 Å². The predicted octanol–water partition coefficient (Wildman–Crippen LogP) is 2.45. The van der Waals surface area contributed by atoms with Crippen molar-refractivity contribution < 1.29 is 19.7 Å². The van der Waals surface area contributed by atoms with Gasteiger partial charge in [0.15, 0.2) is 6.23 Å². The van der Waals surface area contributed by atoms with E-state index in [-0.39, 0.29) is 12.4 Å². The Morgan fingerprint density at radius 2 is 1.33 bits per heavy atom.